The molecule has 0 saturated heterocycles. The van der Waals surface area contributed by atoms with Crippen molar-refractivity contribution >= 4 is 34.8 Å². The average Bonchev–Trinajstić information content (AvgIpc) is 3.35. The molecule has 0 atom stereocenters. The summed E-state index contributed by atoms with van der Waals surface area (Å²) in [4.78, 5) is 37.1. The molecule has 1 aromatic heterocycles. The van der Waals surface area contributed by atoms with Crippen molar-refractivity contribution in [2.24, 2.45) is 0 Å². The molecule has 0 aliphatic heterocycles. The van der Waals surface area contributed by atoms with Gasteiger partial charge in [0.25, 0.3) is 17.7 Å². The molecule has 164 valence electrons. The highest BCUT2D eigenvalue weighted by molar-refractivity contribution is 6.08. The Kier molecular flexibility index (Phi) is 6.26. The van der Waals surface area contributed by atoms with Crippen LogP contribution in [0.25, 0.3) is 0 Å². The van der Waals surface area contributed by atoms with Crippen LogP contribution in [0.1, 0.15) is 31.3 Å². The van der Waals surface area contributed by atoms with Gasteiger partial charge in [-0.2, -0.15) is 0 Å². The molecule has 0 saturated carbocycles. The van der Waals surface area contributed by atoms with Crippen molar-refractivity contribution in [2.45, 2.75) is 0 Å². The first-order valence-corrected chi connectivity index (χ1v) is 9.91. The minimum absolute atomic E-state index is 0.179. The Labute approximate surface area is 188 Å². The van der Waals surface area contributed by atoms with E-state index in [1.165, 1.54) is 30.5 Å². The topological polar surface area (TPSA) is 100 Å². The first-order valence-electron chi connectivity index (χ1n) is 9.91. The summed E-state index contributed by atoms with van der Waals surface area (Å²) in [6.45, 7) is 0. The standard InChI is InChI=1S/C25H18FN3O4/c26-18-5-2-7-21(15-18)29-24(31)17-4-1-6-20(14-17)28-23(30)16-9-11-19(12-10-16)27-25(32)22-8-3-13-33-22/h1-15H,(H,27,32)(H,28,30)(H,29,31). The molecule has 7 nitrogen and oxygen atoms in total. The SMILES string of the molecule is O=C(Nc1cccc(C(=O)Nc2cccc(F)c2)c1)c1ccc(NC(=O)c2ccco2)cc1. The number of benzene rings is 3. The van der Waals surface area contributed by atoms with Crippen LogP contribution in [0.5, 0.6) is 0 Å². The van der Waals surface area contributed by atoms with Crippen LogP contribution >= 0.6 is 0 Å². The third-order valence-corrected chi connectivity index (χ3v) is 4.62. The number of hydrogen-bond acceptors (Lipinski definition) is 4. The van der Waals surface area contributed by atoms with E-state index in [0.717, 1.165) is 0 Å². The van der Waals surface area contributed by atoms with E-state index in [1.54, 1.807) is 60.7 Å². The van der Waals surface area contributed by atoms with E-state index < -0.39 is 17.6 Å². The Hall–Kier alpha value is -4.72. The quantitative estimate of drug-likeness (QED) is 0.382. The fraction of sp³-hybridized carbons (Fsp3) is 0. The molecule has 0 radical (unpaired) electrons. The highest BCUT2D eigenvalue weighted by Gasteiger charge is 2.12. The molecule has 0 aliphatic carbocycles. The molecule has 3 N–H and O–H groups in total. The summed E-state index contributed by atoms with van der Waals surface area (Å²) in [5.41, 5.74) is 1.91. The van der Waals surface area contributed by atoms with E-state index >= 15 is 0 Å². The van der Waals surface area contributed by atoms with Gasteiger partial charge in [-0.05, 0) is 72.8 Å². The van der Waals surface area contributed by atoms with Crippen molar-refractivity contribution in [1.29, 1.82) is 0 Å². The second-order valence-corrected chi connectivity index (χ2v) is 7.01. The van der Waals surface area contributed by atoms with Gasteiger partial charge < -0.3 is 20.4 Å². The smallest absolute Gasteiger partial charge is 0.291 e. The van der Waals surface area contributed by atoms with Gasteiger partial charge in [0.15, 0.2) is 5.76 Å². The van der Waals surface area contributed by atoms with Gasteiger partial charge in [0.05, 0.1) is 6.26 Å². The number of anilines is 3. The zero-order chi connectivity index (χ0) is 23.2. The lowest BCUT2D eigenvalue weighted by molar-refractivity contribution is 0.0994. The van der Waals surface area contributed by atoms with Crippen molar-refractivity contribution in [3.63, 3.8) is 0 Å². The molecule has 1 heterocycles. The summed E-state index contributed by atoms with van der Waals surface area (Å²) in [5, 5.41) is 8.01. The average molecular weight is 443 g/mol. The van der Waals surface area contributed by atoms with E-state index in [4.69, 9.17) is 4.42 Å². The predicted molar refractivity (Wildman–Crippen MR) is 122 cm³/mol. The van der Waals surface area contributed by atoms with E-state index in [1.807, 2.05) is 0 Å². The van der Waals surface area contributed by atoms with Gasteiger partial charge in [0.2, 0.25) is 0 Å². The van der Waals surface area contributed by atoms with Crippen molar-refractivity contribution in [3.05, 3.63) is 114 Å². The van der Waals surface area contributed by atoms with Crippen LogP contribution in [0.4, 0.5) is 21.5 Å². The van der Waals surface area contributed by atoms with Crippen LogP contribution in [0.2, 0.25) is 0 Å². The number of carbonyl (C=O) groups excluding carboxylic acids is 3. The maximum atomic E-state index is 13.3. The molecular weight excluding hydrogens is 425 g/mol. The number of nitrogens with one attached hydrogen (secondary N) is 3. The molecule has 3 amide bonds. The van der Waals surface area contributed by atoms with Crippen LogP contribution in [-0.2, 0) is 0 Å². The minimum atomic E-state index is -0.458. The Morgan fingerprint density at radius 1 is 0.606 bits per heavy atom. The Morgan fingerprint density at radius 2 is 1.24 bits per heavy atom. The maximum absolute atomic E-state index is 13.3. The lowest BCUT2D eigenvalue weighted by Gasteiger charge is -2.09. The number of carbonyl (C=O) groups is 3. The number of furan rings is 1. The van der Waals surface area contributed by atoms with E-state index in [0.29, 0.717) is 28.2 Å². The molecule has 33 heavy (non-hydrogen) atoms. The van der Waals surface area contributed by atoms with Gasteiger partial charge in [-0.15, -0.1) is 0 Å². The number of hydrogen-bond donors (Lipinski definition) is 3. The minimum Gasteiger partial charge on any atom is -0.459 e. The van der Waals surface area contributed by atoms with Gasteiger partial charge in [-0.25, -0.2) is 4.39 Å². The van der Waals surface area contributed by atoms with E-state index in [-0.39, 0.29) is 11.7 Å². The summed E-state index contributed by atoms with van der Waals surface area (Å²) in [6, 6.07) is 21.4. The summed E-state index contributed by atoms with van der Waals surface area (Å²) in [6.07, 6.45) is 1.41. The van der Waals surface area contributed by atoms with E-state index in [2.05, 4.69) is 16.0 Å². The molecule has 0 fully saturated rings. The molecular formula is C25H18FN3O4. The maximum Gasteiger partial charge on any atom is 0.291 e. The summed E-state index contributed by atoms with van der Waals surface area (Å²) in [7, 11) is 0. The fourth-order valence-electron chi connectivity index (χ4n) is 3.02. The van der Waals surface area contributed by atoms with Crippen molar-refractivity contribution < 1.29 is 23.2 Å². The van der Waals surface area contributed by atoms with Crippen molar-refractivity contribution in [1.82, 2.24) is 0 Å². The van der Waals surface area contributed by atoms with Crippen molar-refractivity contribution in [3.8, 4) is 0 Å². The molecule has 4 rings (SSSR count). The summed E-state index contributed by atoms with van der Waals surface area (Å²) >= 11 is 0. The van der Waals surface area contributed by atoms with Crippen LogP contribution in [0, 0.1) is 5.82 Å². The largest absolute Gasteiger partial charge is 0.459 e. The molecule has 8 heteroatoms. The van der Waals surface area contributed by atoms with Crippen LogP contribution in [0.3, 0.4) is 0 Å². The number of rotatable bonds is 6. The second kappa shape index (κ2) is 9.61. The zero-order valence-corrected chi connectivity index (χ0v) is 17.2. The lowest BCUT2D eigenvalue weighted by atomic mass is 10.1. The van der Waals surface area contributed by atoms with Crippen molar-refractivity contribution in [2.75, 3.05) is 16.0 Å². The number of halogens is 1. The summed E-state index contributed by atoms with van der Waals surface area (Å²) < 4.78 is 18.4. The van der Waals surface area contributed by atoms with Crippen LogP contribution in [-0.4, -0.2) is 17.7 Å². The molecule has 3 aromatic carbocycles. The van der Waals surface area contributed by atoms with Gasteiger partial charge in [0.1, 0.15) is 5.82 Å². The lowest BCUT2D eigenvalue weighted by Crippen LogP contribution is -2.15. The first kappa shape index (κ1) is 21.5. The van der Waals surface area contributed by atoms with E-state index in [9.17, 15) is 18.8 Å². The Bertz CT molecular complexity index is 1300. The van der Waals surface area contributed by atoms with Crippen LogP contribution < -0.4 is 16.0 Å². The molecule has 0 bridgehead atoms. The molecule has 4 aromatic rings. The molecule has 0 unspecified atom stereocenters. The highest BCUT2D eigenvalue weighted by atomic mass is 19.1. The molecule has 0 aliphatic rings. The summed E-state index contributed by atoms with van der Waals surface area (Å²) in [5.74, 6) is -1.50. The Balaban J connectivity index is 1.39. The molecule has 0 spiro atoms. The van der Waals surface area contributed by atoms with Gasteiger partial charge in [-0.3, -0.25) is 14.4 Å². The van der Waals surface area contributed by atoms with Gasteiger partial charge in [0, 0.05) is 28.2 Å². The monoisotopic (exact) mass is 443 g/mol. The van der Waals surface area contributed by atoms with Crippen LogP contribution in [0.15, 0.2) is 95.6 Å². The first-order chi connectivity index (χ1) is 16.0. The fourth-order valence-corrected chi connectivity index (χ4v) is 3.02. The third kappa shape index (κ3) is 5.50. The Morgan fingerprint density at radius 3 is 1.91 bits per heavy atom. The normalized spacial score (nSPS) is 10.3. The second-order valence-electron chi connectivity index (χ2n) is 7.01. The van der Waals surface area contributed by atoms with Gasteiger partial charge >= 0.3 is 0 Å². The zero-order valence-electron chi connectivity index (χ0n) is 17.2. The number of amides is 3. The predicted octanol–water partition coefficient (Wildman–Crippen LogP) is 5.18. The highest BCUT2D eigenvalue weighted by Crippen LogP contribution is 2.17. The van der Waals surface area contributed by atoms with Gasteiger partial charge in [-0.1, -0.05) is 12.1 Å². The third-order valence-electron chi connectivity index (χ3n) is 4.62.